The first-order chi connectivity index (χ1) is 8.13. The molecule has 3 nitrogen and oxygen atoms in total. The molecule has 0 aliphatic rings. The topological polar surface area (TPSA) is 29.9 Å². The SMILES string of the molecule is CNCc1cnn(-c2ccc(Cl)cc2C)c1C. The van der Waals surface area contributed by atoms with Crippen LogP contribution in [-0.2, 0) is 6.54 Å². The smallest absolute Gasteiger partial charge is 0.0678 e. The second-order valence-electron chi connectivity index (χ2n) is 4.13. The van der Waals surface area contributed by atoms with Crippen molar-refractivity contribution in [3.05, 3.63) is 46.2 Å². The Kier molecular flexibility index (Phi) is 3.50. The Hall–Kier alpha value is -1.32. The number of aromatic nitrogens is 2. The molecule has 0 saturated heterocycles. The molecule has 2 aromatic rings. The molecule has 1 aromatic carbocycles. The molecule has 0 spiro atoms. The van der Waals surface area contributed by atoms with Crippen LogP contribution < -0.4 is 5.32 Å². The van der Waals surface area contributed by atoms with Crippen LogP contribution in [0.3, 0.4) is 0 Å². The third-order valence-corrected chi connectivity index (χ3v) is 3.10. The molecular weight excluding hydrogens is 234 g/mol. The van der Waals surface area contributed by atoms with E-state index >= 15 is 0 Å². The van der Waals surface area contributed by atoms with Crippen molar-refractivity contribution in [1.82, 2.24) is 15.1 Å². The van der Waals surface area contributed by atoms with E-state index in [2.05, 4.69) is 17.3 Å². The molecule has 1 heterocycles. The zero-order chi connectivity index (χ0) is 12.4. The highest BCUT2D eigenvalue weighted by atomic mass is 35.5. The van der Waals surface area contributed by atoms with E-state index in [4.69, 9.17) is 11.6 Å². The number of nitrogens with one attached hydrogen (secondary N) is 1. The van der Waals surface area contributed by atoms with Gasteiger partial charge in [0.25, 0.3) is 0 Å². The molecule has 0 fully saturated rings. The van der Waals surface area contributed by atoms with Crippen LogP contribution in [0.4, 0.5) is 0 Å². The second-order valence-corrected chi connectivity index (χ2v) is 4.56. The lowest BCUT2D eigenvalue weighted by molar-refractivity contribution is 0.800. The summed E-state index contributed by atoms with van der Waals surface area (Å²) in [5.74, 6) is 0. The first-order valence-electron chi connectivity index (χ1n) is 5.58. The molecule has 4 heteroatoms. The Morgan fingerprint density at radius 1 is 1.35 bits per heavy atom. The van der Waals surface area contributed by atoms with Gasteiger partial charge in [-0.25, -0.2) is 4.68 Å². The molecular formula is C13H16ClN3. The largest absolute Gasteiger partial charge is 0.316 e. The minimum absolute atomic E-state index is 0.756. The maximum absolute atomic E-state index is 5.96. The normalized spacial score (nSPS) is 10.8. The van der Waals surface area contributed by atoms with Crippen LogP contribution in [0.25, 0.3) is 5.69 Å². The number of rotatable bonds is 3. The van der Waals surface area contributed by atoms with Crippen molar-refractivity contribution >= 4 is 11.6 Å². The molecule has 0 bridgehead atoms. The van der Waals surface area contributed by atoms with Crippen LogP contribution >= 0.6 is 11.6 Å². The highest BCUT2D eigenvalue weighted by molar-refractivity contribution is 6.30. The zero-order valence-corrected chi connectivity index (χ0v) is 11.0. The number of hydrogen-bond acceptors (Lipinski definition) is 2. The average Bonchev–Trinajstić information content (AvgIpc) is 2.62. The lowest BCUT2D eigenvalue weighted by atomic mass is 10.2. The summed E-state index contributed by atoms with van der Waals surface area (Å²) in [7, 11) is 1.93. The van der Waals surface area contributed by atoms with Crippen molar-refractivity contribution in [2.45, 2.75) is 20.4 Å². The first-order valence-corrected chi connectivity index (χ1v) is 5.96. The maximum atomic E-state index is 5.96. The van der Waals surface area contributed by atoms with Gasteiger partial charge in [0, 0.05) is 22.8 Å². The standard InChI is InChI=1S/C13H16ClN3/c1-9-6-12(14)4-5-13(9)17-10(2)11(7-15-3)8-16-17/h4-6,8,15H,7H2,1-3H3. The molecule has 90 valence electrons. The van der Waals surface area contributed by atoms with Crippen LogP contribution in [0.1, 0.15) is 16.8 Å². The van der Waals surface area contributed by atoms with Crippen LogP contribution in [0.5, 0.6) is 0 Å². The summed E-state index contributed by atoms with van der Waals surface area (Å²) >= 11 is 5.96. The Balaban J connectivity index is 2.46. The summed E-state index contributed by atoms with van der Waals surface area (Å²) in [6, 6.07) is 5.85. The van der Waals surface area contributed by atoms with E-state index in [9.17, 15) is 0 Å². The van der Waals surface area contributed by atoms with Gasteiger partial charge >= 0.3 is 0 Å². The van der Waals surface area contributed by atoms with Crippen LogP contribution in [0, 0.1) is 13.8 Å². The monoisotopic (exact) mass is 249 g/mol. The van der Waals surface area contributed by atoms with E-state index < -0.39 is 0 Å². The number of benzene rings is 1. The number of aryl methyl sites for hydroxylation is 1. The number of nitrogens with zero attached hydrogens (tertiary/aromatic N) is 2. The van der Waals surface area contributed by atoms with Gasteiger partial charge in [-0.1, -0.05) is 11.6 Å². The molecule has 0 unspecified atom stereocenters. The van der Waals surface area contributed by atoms with E-state index in [0.29, 0.717) is 0 Å². The fourth-order valence-electron chi connectivity index (χ4n) is 1.91. The molecule has 1 N–H and O–H groups in total. The third-order valence-electron chi connectivity index (χ3n) is 2.87. The minimum atomic E-state index is 0.756. The van der Waals surface area contributed by atoms with Gasteiger partial charge in [-0.05, 0) is 44.7 Å². The van der Waals surface area contributed by atoms with E-state index in [1.165, 1.54) is 5.56 Å². The second kappa shape index (κ2) is 4.90. The van der Waals surface area contributed by atoms with Crippen LogP contribution in [0.15, 0.2) is 24.4 Å². The lowest BCUT2D eigenvalue weighted by Gasteiger charge is -2.09. The number of hydrogen-bond donors (Lipinski definition) is 1. The molecule has 1 aromatic heterocycles. The van der Waals surface area contributed by atoms with Crippen LogP contribution in [-0.4, -0.2) is 16.8 Å². The van der Waals surface area contributed by atoms with E-state index in [-0.39, 0.29) is 0 Å². The predicted molar refractivity (Wildman–Crippen MR) is 70.8 cm³/mol. The van der Waals surface area contributed by atoms with Crippen molar-refractivity contribution in [2.75, 3.05) is 7.05 Å². The van der Waals surface area contributed by atoms with Gasteiger partial charge in [-0.15, -0.1) is 0 Å². The summed E-state index contributed by atoms with van der Waals surface area (Å²) in [5, 5.41) is 8.32. The van der Waals surface area contributed by atoms with Gasteiger partial charge in [0.1, 0.15) is 0 Å². The van der Waals surface area contributed by atoms with Crippen molar-refractivity contribution in [1.29, 1.82) is 0 Å². The van der Waals surface area contributed by atoms with Gasteiger partial charge in [-0.2, -0.15) is 5.10 Å². The minimum Gasteiger partial charge on any atom is -0.316 e. The van der Waals surface area contributed by atoms with Gasteiger partial charge in [-0.3, -0.25) is 0 Å². The quantitative estimate of drug-likeness (QED) is 0.907. The molecule has 0 radical (unpaired) electrons. The van der Waals surface area contributed by atoms with Crippen molar-refractivity contribution < 1.29 is 0 Å². The Labute approximate surface area is 106 Å². The fraction of sp³-hybridized carbons (Fsp3) is 0.308. The maximum Gasteiger partial charge on any atom is 0.0678 e. The van der Waals surface area contributed by atoms with E-state index in [1.54, 1.807) is 0 Å². The third kappa shape index (κ3) is 2.35. The van der Waals surface area contributed by atoms with E-state index in [0.717, 1.165) is 28.5 Å². The first kappa shape index (κ1) is 12.1. The summed E-state index contributed by atoms with van der Waals surface area (Å²) in [6.07, 6.45) is 1.90. The van der Waals surface area contributed by atoms with Crippen molar-refractivity contribution in [3.8, 4) is 5.69 Å². The summed E-state index contributed by atoms with van der Waals surface area (Å²) in [5.41, 5.74) is 4.57. The van der Waals surface area contributed by atoms with Gasteiger partial charge < -0.3 is 5.32 Å². The summed E-state index contributed by atoms with van der Waals surface area (Å²) in [6.45, 7) is 4.95. The fourth-order valence-corrected chi connectivity index (χ4v) is 2.13. The highest BCUT2D eigenvalue weighted by Crippen LogP contribution is 2.21. The molecule has 0 atom stereocenters. The molecule has 0 aliphatic carbocycles. The van der Waals surface area contributed by atoms with Gasteiger partial charge in [0.05, 0.1) is 11.9 Å². The average molecular weight is 250 g/mol. The molecule has 2 rings (SSSR count). The lowest BCUT2D eigenvalue weighted by Crippen LogP contribution is -2.07. The highest BCUT2D eigenvalue weighted by Gasteiger charge is 2.09. The molecule has 0 amide bonds. The molecule has 0 saturated carbocycles. The summed E-state index contributed by atoms with van der Waals surface area (Å²) in [4.78, 5) is 0. The Bertz CT molecular complexity index is 531. The van der Waals surface area contributed by atoms with E-state index in [1.807, 2.05) is 43.0 Å². The zero-order valence-electron chi connectivity index (χ0n) is 10.3. The van der Waals surface area contributed by atoms with Crippen molar-refractivity contribution in [3.63, 3.8) is 0 Å². The van der Waals surface area contributed by atoms with Gasteiger partial charge in [0.15, 0.2) is 0 Å². The molecule has 0 aliphatic heterocycles. The van der Waals surface area contributed by atoms with Crippen molar-refractivity contribution in [2.24, 2.45) is 0 Å². The number of halogens is 1. The summed E-state index contributed by atoms with van der Waals surface area (Å²) < 4.78 is 1.96. The Morgan fingerprint density at radius 2 is 2.12 bits per heavy atom. The van der Waals surface area contributed by atoms with Crippen LogP contribution in [0.2, 0.25) is 5.02 Å². The predicted octanol–water partition coefficient (Wildman–Crippen LogP) is 2.86. The molecule has 17 heavy (non-hydrogen) atoms. The Morgan fingerprint density at radius 3 is 2.76 bits per heavy atom. The van der Waals surface area contributed by atoms with Gasteiger partial charge in [0.2, 0.25) is 0 Å².